The molecule has 6 aliphatic heterocycles. The van der Waals surface area contributed by atoms with Crippen molar-refractivity contribution < 1.29 is 168 Å². The SMILES string of the molecule is Cc1cc(NC(=S)NCCOCCOC2OC(COC3OC(CO)C(O)C(O)C3O)C(O)C(OC3OC(CO)C(O)C(O)C3O)C2O)cc(NC(=S)NCCOCCOC2OC(COC3OC(CO)C(O)C(O)C3O)C(O)C(OC3OC(CO)C(O)C(O)C3O)C2O)c1. The normalized spacial score (nSPS) is 41.5. The van der Waals surface area contributed by atoms with Crippen LogP contribution in [0.2, 0.25) is 0 Å². The summed E-state index contributed by atoms with van der Waals surface area (Å²) in [5.74, 6) is 0. The summed E-state index contributed by atoms with van der Waals surface area (Å²) >= 11 is 11.0. The van der Waals surface area contributed by atoms with Crippen LogP contribution in [0.1, 0.15) is 5.56 Å². The number of rotatable bonds is 30. The maximum Gasteiger partial charge on any atom is 0.187 e. The summed E-state index contributed by atoms with van der Waals surface area (Å²) in [5.41, 5.74) is 1.98. The molecule has 7 rings (SSSR count). The predicted octanol–water partition coefficient (Wildman–Crippen LogP) is -12.5. The number of nitrogens with one attached hydrogen (secondary N) is 4. The summed E-state index contributed by atoms with van der Waals surface area (Å²) in [6.45, 7) is -2.68. The second-order valence-corrected chi connectivity index (χ2v) is 23.3. The van der Waals surface area contributed by atoms with Gasteiger partial charge in [0.15, 0.2) is 48.0 Å². The van der Waals surface area contributed by atoms with Crippen LogP contribution in [0.15, 0.2) is 18.2 Å². The second kappa shape index (κ2) is 36.9. The number of anilines is 2. The molecule has 6 fully saturated rings. The van der Waals surface area contributed by atoms with Crippen LogP contribution in [-0.2, 0) is 66.3 Å². The summed E-state index contributed by atoms with van der Waals surface area (Å²) in [7, 11) is 0. The summed E-state index contributed by atoms with van der Waals surface area (Å²) in [4.78, 5) is 0. The number of hydrogen-bond acceptors (Lipinski definition) is 36. The van der Waals surface area contributed by atoms with Crippen molar-refractivity contribution in [1.82, 2.24) is 10.6 Å². The first-order chi connectivity index (χ1) is 44.3. The Hall–Kier alpha value is -2.76. The van der Waals surface area contributed by atoms with Gasteiger partial charge >= 0.3 is 0 Å². The van der Waals surface area contributed by atoms with Gasteiger partial charge in [-0.1, -0.05) is 0 Å². The van der Waals surface area contributed by atoms with E-state index < -0.39 is 224 Å². The van der Waals surface area contributed by atoms with Crippen LogP contribution in [-0.4, -0.2) is 389 Å². The number of hydrogen-bond donors (Lipinski definition) is 24. The molecule has 0 amide bonds. The molecule has 0 aliphatic carbocycles. The minimum Gasteiger partial charge on any atom is -0.394 e. The zero-order chi connectivity index (χ0) is 68.0. The second-order valence-electron chi connectivity index (χ2n) is 22.5. The van der Waals surface area contributed by atoms with Crippen LogP contribution in [0.4, 0.5) is 11.4 Å². The van der Waals surface area contributed by atoms with Crippen LogP contribution in [0.3, 0.4) is 0 Å². The van der Waals surface area contributed by atoms with Crippen molar-refractivity contribution in [3.63, 3.8) is 0 Å². The molecule has 1 aromatic rings. The topological polar surface area (TPSA) is 582 Å². The Labute approximate surface area is 541 Å². The molecular formula is C53H88N4O34S2. The van der Waals surface area contributed by atoms with Gasteiger partial charge in [-0.15, -0.1) is 0 Å². The van der Waals surface area contributed by atoms with Crippen LogP contribution in [0.25, 0.3) is 0 Å². The van der Waals surface area contributed by atoms with Crippen LogP contribution < -0.4 is 21.3 Å². The zero-order valence-electron chi connectivity index (χ0n) is 49.9. The van der Waals surface area contributed by atoms with Gasteiger partial charge < -0.3 is 190 Å². The highest BCUT2D eigenvalue weighted by Crippen LogP contribution is 2.34. The maximum atomic E-state index is 11.3. The van der Waals surface area contributed by atoms with Crippen molar-refractivity contribution >= 4 is 46.0 Å². The molecule has 38 nitrogen and oxygen atoms in total. The van der Waals surface area contributed by atoms with Crippen molar-refractivity contribution in [2.75, 3.05) is 103 Å². The van der Waals surface area contributed by atoms with Gasteiger partial charge in [0.05, 0.1) is 79.3 Å². The van der Waals surface area contributed by atoms with E-state index in [9.17, 15) is 102 Å². The lowest BCUT2D eigenvalue weighted by Gasteiger charge is -2.46. The van der Waals surface area contributed by atoms with E-state index in [-0.39, 0.29) is 63.0 Å². The van der Waals surface area contributed by atoms with E-state index in [1.807, 2.05) is 19.1 Å². The van der Waals surface area contributed by atoms with Crippen LogP contribution in [0, 0.1) is 6.92 Å². The summed E-state index contributed by atoms with van der Waals surface area (Å²) in [6.07, 6.45) is -51.1. The number of aryl methyl sites for hydroxylation is 1. The Morgan fingerprint density at radius 2 is 0.656 bits per heavy atom. The Morgan fingerprint density at radius 3 is 0.989 bits per heavy atom. The molecule has 30 unspecified atom stereocenters. The molecule has 0 radical (unpaired) electrons. The Kier molecular flexibility index (Phi) is 30.8. The van der Waals surface area contributed by atoms with Crippen LogP contribution in [0.5, 0.6) is 0 Å². The first-order valence-corrected chi connectivity index (χ1v) is 30.5. The van der Waals surface area contributed by atoms with Crippen molar-refractivity contribution in [2.24, 2.45) is 0 Å². The highest BCUT2D eigenvalue weighted by molar-refractivity contribution is 7.80. The average Bonchev–Trinajstić information content (AvgIpc) is 0.905. The molecule has 30 atom stereocenters. The Morgan fingerprint density at radius 1 is 0.355 bits per heavy atom. The third-order valence-electron chi connectivity index (χ3n) is 15.8. The highest BCUT2D eigenvalue weighted by Gasteiger charge is 2.55. The van der Waals surface area contributed by atoms with E-state index in [1.54, 1.807) is 6.07 Å². The zero-order valence-corrected chi connectivity index (χ0v) is 51.6. The number of aliphatic hydroxyl groups is 20. The number of aliphatic hydroxyl groups excluding tert-OH is 20. The molecule has 0 spiro atoms. The first kappa shape index (κ1) is 77.6. The van der Waals surface area contributed by atoms with E-state index >= 15 is 0 Å². The van der Waals surface area contributed by atoms with Crippen molar-refractivity contribution in [2.45, 2.75) is 191 Å². The molecule has 0 saturated carbocycles. The summed E-state index contributed by atoms with van der Waals surface area (Å²) in [6, 6.07) is 5.36. The lowest BCUT2D eigenvalue weighted by Crippen LogP contribution is -2.65. The lowest BCUT2D eigenvalue weighted by atomic mass is 9.96. The molecule has 1 aromatic carbocycles. The third kappa shape index (κ3) is 20.2. The van der Waals surface area contributed by atoms with Gasteiger partial charge in [-0.25, -0.2) is 0 Å². The fraction of sp³-hybridized carbons (Fsp3) is 0.849. The van der Waals surface area contributed by atoms with Gasteiger partial charge in [0.25, 0.3) is 0 Å². The molecule has 0 aromatic heterocycles. The molecular weight excluding hydrogens is 1300 g/mol. The van der Waals surface area contributed by atoms with Crippen LogP contribution >= 0.6 is 24.4 Å². The Bertz CT molecular complexity index is 2250. The molecule has 6 aliphatic rings. The molecule has 6 saturated heterocycles. The molecule has 24 N–H and O–H groups in total. The quantitative estimate of drug-likeness (QED) is 0.0251. The fourth-order valence-corrected chi connectivity index (χ4v) is 11.0. The predicted molar refractivity (Wildman–Crippen MR) is 311 cm³/mol. The highest BCUT2D eigenvalue weighted by atomic mass is 32.1. The average molecular weight is 1390 g/mol. The molecule has 6 heterocycles. The number of ether oxygens (including phenoxy) is 14. The van der Waals surface area contributed by atoms with Gasteiger partial charge in [0.2, 0.25) is 0 Å². The Balaban J connectivity index is 0.818. The fourth-order valence-electron chi connectivity index (χ4n) is 10.5. The van der Waals surface area contributed by atoms with Crippen molar-refractivity contribution in [3.8, 4) is 0 Å². The number of thiocarbonyl (C=S) groups is 2. The van der Waals surface area contributed by atoms with Gasteiger partial charge in [-0.05, 0) is 55.1 Å². The molecule has 0 bridgehead atoms. The molecule has 40 heteroatoms. The summed E-state index contributed by atoms with van der Waals surface area (Å²) < 4.78 is 78.6. The van der Waals surface area contributed by atoms with Gasteiger partial charge in [0.1, 0.15) is 146 Å². The first-order valence-electron chi connectivity index (χ1n) is 29.7. The van der Waals surface area contributed by atoms with Gasteiger partial charge in [-0.3, -0.25) is 0 Å². The molecule has 536 valence electrons. The summed E-state index contributed by atoms with van der Waals surface area (Å²) in [5, 5.41) is 221. The molecule has 93 heavy (non-hydrogen) atoms. The van der Waals surface area contributed by atoms with E-state index in [0.717, 1.165) is 5.56 Å². The largest absolute Gasteiger partial charge is 0.394 e. The maximum absolute atomic E-state index is 11.3. The number of benzene rings is 1. The van der Waals surface area contributed by atoms with Gasteiger partial charge in [0, 0.05) is 24.5 Å². The smallest absolute Gasteiger partial charge is 0.187 e. The van der Waals surface area contributed by atoms with Crippen molar-refractivity contribution in [3.05, 3.63) is 23.8 Å². The lowest BCUT2D eigenvalue weighted by molar-refractivity contribution is -0.366. The van der Waals surface area contributed by atoms with Crippen molar-refractivity contribution in [1.29, 1.82) is 0 Å². The monoisotopic (exact) mass is 1390 g/mol. The van der Waals surface area contributed by atoms with E-state index in [0.29, 0.717) is 11.4 Å². The van der Waals surface area contributed by atoms with E-state index in [2.05, 4.69) is 21.3 Å². The van der Waals surface area contributed by atoms with E-state index in [4.69, 9.17) is 90.8 Å². The van der Waals surface area contributed by atoms with Gasteiger partial charge in [-0.2, -0.15) is 0 Å². The standard InChI is InChI=1S/C53H88N4O34S2/c1-19-10-20(56-52(92)54-2-4-78-6-8-80-48-42(76)44(90-50-40(74)36(70)30(64)24(15-60)86-50)32(66)26(88-48)17-82-46-38(72)34(68)28(62)22(13-58)84-46)12-21(11-19)57-53(93)55-3-5-79-7-9-81-49-43(77)45(91-51-41(75)37(71)31(65)25(16-61)87-51)33(67)27(89-49)18-83-47-39(73)35(69)29(63)23(14-59)85-47/h10-12,22-51,58-77H,2-9,13-18H2,1H3,(H2,54,56,92)(H2,55,57,93). The minimum atomic E-state index is -1.93. The third-order valence-corrected chi connectivity index (χ3v) is 16.3. The minimum absolute atomic E-state index is 0.0828. The van der Waals surface area contributed by atoms with E-state index in [1.165, 1.54) is 0 Å².